The van der Waals surface area contributed by atoms with E-state index in [-0.39, 0.29) is 31.3 Å². The van der Waals surface area contributed by atoms with Crippen LogP contribution < -0.4 is 5.32 Å². The fraction of sp³-hybridized carbons (Fsp3) is 0.333. The van der Waals surface area contributed by atoms with Crippen molar-refractivity contribution in [3.8, 4) is 6.07 Å². The summed E-state index contributed by atoms with van der Waals surface area (Å²) in [5, 5.41) is 19.8. The van der Waals surface area contributed by atoms with Crippen molar-refractivity contribution < 1.29 is 18.7 Å². The highest BCUT2D eigenvalue weighted by Crippen LogP contribution is 2.36. The second-order valence-corrected chi connectivity index (χ2v) is 9.14. The molecule has 1 N–H and O–H groups in total. The van der Waals surface area contributed by atoms with Gasteiger partial charge in [-0.1, -0.05) is 6.07 Å². The van der Waals surface area contributed by atoms with Gasteiger partial charge in [-0.15, -0.1) is 21.5 Å². The summed E-state index contributed by atoms with van der Waals surface area (Å²) in [4.78, 5) is 30.4. The highest BCUT2D eigenvalue weighted by Gasteiger charge is 2.27. The molecule has 0 aliphatic heterocycles. The minimum Gasteiger partial charge on any atom is -0.449 e. The van der Waals surface area contributed by atoms with E-state index in [0.717, 1.165) is 33.7 Å². The van der Waals surface area contributed by atoms with Crippen LogP contribution in [-0.4, -0.2) is 33.7 Å². The van der Waals surface area contributed by atoms with Crippen LogP contribution in [0.15, 0.2) is 35.0 Å². The van der Waals surface area contributed by atoms with E-state index in [1.165, 1.54) is 17.4 Å². The molecule has 1 aliphatic rings. The first kappa shape index (κ1) is 23.3. The molecule has 3 aromatic rings. The molecule has 0 saturated heterocycles. The third kappa shape index (κ3) is 5.94. The number of nitriles is 1. The van der Waals surface area contributed by atoms with E-state index in [1.807, 2.05) is 12.1 Å². The third-order valence-electron chi connectivity index (χ3n) is 5.43. The van der Waals surface area contributed by atoms with Crippen LogP contribution in [0.3, 0.4) is 0 Å². The number of allylic oxidation sites excluding steroid dienone is 1. The molecular weight excluding hydrogens is 454 g/mol. The quantitative estimate of drug-likeness (QED) is 0.487. The van der Waals surface area contributed by atoms with Crippen LogP contribution in [0.25, 0.3) is 6.08 Å². The number of aryl methyl sites for hydroxylation is 1. The number of nitrogens with one attached hydrogen (secondary N) is 1. The van der Waals surface area contributed by atoms with E-state index in [2.05, 4.69) is 26.6 Å². The molecule has 0 bridgehead atoms. The maximum Gasteiger partial charge on any atom is 0.407 e. The Hall–Kier alpha value is -3.84. The van der Waals surface area contributed by atoms with Crippen molar-refractivity contribution in [1.29, 1.82) is 5.26 Å². The van der Waals surface area contributed by atoms with Gasteiger partial charge in [0.15, 0.2) is 5.78 Å². The van der Waals surface area contributed by atoms with Crippen LogP contribution in [0.2, 0.25) is 0 Å². The number of aromatic nitrogens is 3. The number of rotatable bonds is 8. The lowest BCUT2D eigenvalue weighted by Crippen LogP contribution is -2.27. The molecule has 0 saturated carbocycles. The zero-order chi connectivity index (χ0) is 23.9. The van der Waals surface area contributed by atoms with Crippen LogP contribution >= 0.6 is 11.3 Å². The second kappa shape index (κ2) is 10.9. The first-order valence-corrected chi connectivity index (χ1v) is 11.7. The fourth-order valence-electron chi connectivity index (χ4n) is 3.79. The predicted octanol–water partition coefficient (Wildman–Crippen LogP) is 3.56. The number of hydrogen-bond acceptors (Lipinski definition) is 9. The molecule has 34 heavy (non-hydrogen) atoms. The van der Waals surface area contributed by atoms with Gasteiger partial charge in [0, 0.05) is 35.5 Å². The molecular formula is C24H23N5O4S. The molecule has 1 unspecified atom stereocenters. The van der Waals surface area contributed by atoms with Crippen molar-refractivity contribution in [2.45, 2.75) is 39.2 Å². The Morgan fingerprint density at radius 2 is 2.29 bits per heavy atom. The molecule has 4 rings (SSSR count). The molecule has 0 radical (unpaired) electrons. The van der Waals surface area contributed by atoms with Crippen molar-refractivity contribution in [1.82, 2.24) is 20.5 Å². The van der Waals surface area contributed by atoms with Crippen LogP contribution in [0, 0.1) is 24.2 Å². The second-order valence-electron chi connectivity index (χ2n) is 7.95. The minimum absolute atomic E-state index is 0.0630. The summed E-state index contributed by atoms with van der Waals surface area (Å²) in [6, 6.07) is 5.97. The highest BCUT2D eigenvalue weighted by molar-refractivity contribution is 7.12. The van der Waals surface area contributed by atoms with Crippen LogP contribution in [0.5, 0.6) is 0 Å². The number of carbonyl (C=O) groups excluding carboxylic acids is 2. The van der Waals surface area contributed by atoms with E-state index in [4.69, 9.17) is 9.15 Å². The van der Waals surface area contributed by atoms with Crippen LogP contribution in [0.1, 0.15) is 44.6 Å². The number of hydrogen-bond donors (Lipinski definition) is 1. The van der Waals surface area contributed by atoms with Gasteiger partial charge in [0.2, 0.25) is 11.8 Å². The number of carbonyl (C=O) groups is 2. The molecule has 1 atom stereocenters. The van der Waals surface area contributed by atoms with Crippen LogP contribution in [-0.2, 0) is 35.3 Å². The van der Waals surface area contributed by atoms with Crippen molar-refractivity contribution in [3.63, 3.8) is 0 Å². The Balaban J connectivity index is 1.31. The molecule has 0 aromatic carbocycles. The molecule has 1 amide bonds. The van der Waals surface area contributed by atoms with E-state index in [0.29, 0.717) is 23.8 Å². The molecule has 3 aromatic heterocycles. The Labute approximate surface area is 200 Å². The predicted molar refractivity (Wildman–Crippen MR) is 124 cm³/mol. The van der Waals surface area contributed by atoms with Crippen LogP contribution in [0.4, 0.5) is 4.79 Å². The maximum atomic E-state index is 12.5. The molecule has 3 heterocycles. The van der Waals surface area contributed by atoms with Gasteiger partial charge in [-0.3, -0.25) is 9.78 Å². The summed E-state index contributed by atoms with van der Waals surface area (Å²) in [5.74, 6) is 0.841. The standard InChI is InChI=1S/C24H23N5O4S/c1-15-28-29-23(33-15)13-27-24(31)32-14-17-5-7-19-20(11-25)22(34-21(19)9-17)10-18(30)6-4-16-3-2-8-26-12-16/h2-4,6,8,12,17H,5,7,9-10,13-14H2,1H3,(H,27,31)/b6-4+. The van der Waals surface area contributed by atoms with Crippen molar-refractivity contribution >= 4 is 29.3 Å². The minimum atomic E-state index is -0.544. The Morgan fingerprint density at radius 3 is 3.03 bits per heavy atom. The summed E-state index contributed by atoms with van der Waals surface area (Å²) in [6.07, 6.45) is 8.51. The molecule has 9 nitrogen and oxygen atoms in total. The fourth-order valence-corrected chi connectivity index (χ4v) is 5.22. The third-order valence-corrected chi connectivity index (χ3v) is 6.69. The number of ketones is 1. The molecule has 10 heteroatoms. The first-order chi connectivity index (χ1) is 16.5. The molecule has 0 spiro atoms. The number of pyridine rings is 1. The molecule has 1 aliphatic carbocycles. The number of nitrogens with zero attached hydrogens (tertiary/aromatic N) is 4. The summed E-state index contributed by atoms with van der Waals surface area (Å²) >= 11 is 1.51. The van der Waals surface area contributed by atoms with Gasteiger partial charge in [0.05, 0.1) is 18.7 Å². The van der Waals surface area contributed by atoms with Crippen molar-refractivity contribution in [2.75, 3.05) is 6.61 Å². The van der Waals surface area contributed by atoms with Gasteiger partial charge in [-0.2, -0.15) is 5.26 Å². The lowest BCUT2D eigenvalue weighted by atomic mass is 9.87. The van der Waals surface area contributed by atoms with Gasteiger partial charge in [0.1, 0.15) is 6.07 Å². The Bertz CT molecular complexity index is 1240. The van der Waals surface area contributed by atoms with Crippen molar-refractivity contribution in [2.24, 2.45) is 5.92 Å². The van der Waals surface area contributed by atoms with Gasteiger partial charge in [-0.05, 0) is 54.5 Å². The maximum absolute atomic E-state index is 12.5. The average Bonchev–Trinajstić information content (AvgIpc) is 3.42. The first-order valence-electron chi connectivity index (χ1n) is 10.9. The summed E-state index contributed by atoms with van der Waals surface area (Å²) in [7, 11) is 0. The van der Waals surface area contributed by atoms with E-state index in [9.17, 15) is 14.9 Å². The Morgan fingerprint density at radius 1 is 1.41 bits per heavy atom. The smallest absolute Gasteiger partial charge is 0.407 e. The topological polar surface area (TPSA) is 131 Å². The van der Waals surface area contributed by atoms with E-state index in [1.54, 1.807) is 25.4 Å². The zero-order valence-electron chi connectivity index (χ0n) is 18.6. The average molecular weight is 478 g/mol. The lowest BCUT2D eigenvalue weighted by molar-refractivity contribution is -0.113. The number of amides is 1. The molecule has 174 valence electrons. The largest absolute Gasteiger partial charge is 0.449 e. The van der Waals surface area contributed by atoms with E-state index >= 15 is 0 Å². The SMILES string of the molecule is Cc1nnc(CNC(=O)OCC2CCc3c(sc(CC(=O)/C=C/c4cccnc4)c3C#N)C2)o1. The summed E-state index contributed by atoms with van der Waals surface area (Å²) in [6.45, 7) is 2.06. The number of alkyl carbamates (subject to hydrolysis) is 1. The molecule has 0 fully saturated rings. The lowest BCUT2D eigenvalue weighted by Gasteiger charge is -2.21. The van der Waals surface area contributed by atoms with Gasteiger partial charge < -0.3 is 14.5 Å². The Kier molecular flexibility index (Phi) is 7.44. The monoisotopic (exact) mass is 477 g/mol. The van der Waals surface area contributed by atoms with E-state index < -0.39 is 6.09 Å². The number of fused-ring (bicyclic) bond motifs is 1. The zero-order valence-corrected chi connectivity index (χ0v) is 19.4. The summed E-state index contributed by atoms with van der Waals surface area (Å²) in [5.41, 5.74) is 2.50. The van der Waals surface area contributed by atoms with Gasteiger partial charge >= 0.3 is 6.09 Å². The number of thiophene rings is 1. The van der Waals surface area contributed by atoms with Crippen molar-refractivity contribution in [3.05, 3.63) is 68.8 Å². The highest BCUT2D eigenvalue weighted by atomic mass is 32.1. The van der Waals surface area contributed by atoms with Gasteiger partial charge in [-0.25, -0.2) is 4.79 Å². The normalized spacial score (nSPS) is 15.0. The summed E-state index contributed by atoms with van der Waals surface area (Å²) < 4.78 is 10.6. The number of ether oxygens (including phenoxy) is 1. The van der Waals surface area contributed by atoms with Gasteiger partial charge in [0.25, 0.3) is 0 Å².